The van der Waals surface area contributed by atoms with Crippen molar-refractivity contribution >= 4 is 5.91 Å². The lowest BCUT2D eigenvalue weighted by atomic mass is 10.2. The summed E-state index contributed by atoms with van der Waals surface area (Å²) in [5.74, 6) is 3.23. The van der Waals surface area contributed by atoms with E-state index in [0.717, 1.165) is 55.7 Å². The third-order valence-corrected chi connectivity index (χ3v) is 5.38. The van der Waals surface area contributed by atoms with Crippen LogP contribution >= 0.6 is 0 Å². The van der Waals surface area contributed by atoms with Crippen LogP contribution in [0.5, 0.6) is 11.5 Å². The van der Waals surface area contributed by atoms with Gasteiger partial charge in [-0.05, 0) is 31.5 Å². The number of nitrogens with one attached hydrogen (secondary N) is 1. The molecule has 0 fully saturated rings. The van der Waals surface area contributed by atoms with Gasteiger partial charge in [-0.1, -0.05) is 6.07 Å². The van der Waals surface area contributed by atoms with Gasteiger partial charge in [-0.25, -0.2) is 0 Å². The van der Waals surface area contributed by atoms with Crippen molar-refractivity contribution in [3.63, 3.8) is 0 Å². The number of rotatable bonds is 10. The van der Waals surface area contributed by atoms with Crippen LogP contribution in [0.15, 0.2) is 18.2 Å². The summed E-state index contributed by atoms with van der Waals surface area (Å²) in [5.41, 5.74) is 1.18. The normalized spacial score (nSPS) is 15.1. The molecule has 1 aliphatic heterocycles. The molecule has 0 bridgehead atoms. The number of nitrogens with zero attached hydrogens (tertiary/aromatic N) is 4. The van der Waals surface area contributed by atoms with Gasteiger partial charge in [0.25, 0.3) is 0 Å². The van der Waals surface area contributed by atoms with Gasteiger partial charge in [-0.2, -0.15) is 0 Å². The summed E-state index contributed by atoms with van der Waals surface area (Å²) in [7, 11) is 3.24. The molecule has 31 heavy (non-hydrogen) atoms. The van der Waals surface area contributed by atoms with Crippen LogP contribution in [0.2, 0.25) is 0 Å². The Morgan fingerprint density at radius 3 is 2.77 bits per heavy atom. The Kier molecular flexibility index (Phi) is 8.25. The van der Waals surface area contributed by atoms with Gasteiger partial charge < -0.3 is 24.1 Å². The summed E-state index contributed by atoms with van der Waals surface area (Å²) in [6, 6.07) is 5.89. The molecule has 1 amide bonds. The van der Waals surface area contributed by atoms with E-state index in [4.69, 9.17) is 14.2 Å². The molecule has 0 saturated carbocycles. The zero-order valence-corrected chi connectivity index (χ0v) is 18.9. The van der Waals surface area contributed by atoms with E-state index in [-0.39, 0.29) is 11.9 Å². The highest BCUT2D eigenvalue weighted by molar-refractivity contribution is 5.76. The zero-order chi connectivity index (χ0) is 22.2. The molecule has 9 nitrogen and oxygen atoms in total. The fraction of sp³-hybridized carbons (Fsp3) is 0.591. The van der Waals surface area contributed by atoms with Crippen LogP contribution in [-0.2, 0) is 29.0 Å². The minimum absolute atomic E-state index is 0.0495. The highest BCUT2D eigenvalue weighted by Gasteiger charge is 2.23. The summed E-state index contributed by atoms with van der Waals surface area (Å²) < 4.78 is 18.2. The Labute approximate surface area is 183 Å². The molecule has 1 atom stereocenters. The molecule has 2 heterocycles. The number of hydrogen-bond donors (Lipinski definition) is 1. The molecule has 0 aliphatic carbocycles. The summed E-state index contributed by atoms with van der Waals surface area (Å²) in [5, 5.41) is 11.7. The Morgan fingerprint density at radius 1 is 1.19 bits per heavy atom. The lowest BCUT2D eigenvalue weighted by Crippen LogP contribution is -2.30. The first-order chi connectivity index (χ1) is 15.0. The highest BCUT2D eigenvalue weighted by Crippen LogP contribution is 2.28. The number of methoxy groups -OCH3 is 2. The number of amides is 1. The van der Waals surface area contributed by atoms with Crippen molar-refractivity contribution in [2.45, 2.75) is 45.8 Å². The Hall–Kier alpha value is -2.65. The molecule has 170 valence electrons. The molecule has 1 N–H and O–H groups in total. The summed E-state index contributed by atoms with van der Waals surface area (Å²) in [4.78, 5) is 14.4. The van der Waals surface area contributed by atoms with Crippen molar-refractivity contribution in [3.8, 4) is 11.5 Å². The summed E-state index contributed by atoms with van der Waals surface area (Å²) in [6.45, 7) is 8.28. The number of hydrogen-bond acceptors (Lipinski definition) is 7. The minimum Gasteiger partial charge on any atom is -0.493 e. The Balaban J connectivity index is 1.63. The molecule has 3 rings (SSSR count). The maximum Gasteiger partial charge on any atom is 0.222 e. The van der Waals surface area contributed by atoms with Crippen LogP contribution in [0, 0.1) is 0 Å². The molecule has 2 aromatic rings. The SMILES string of the molecule is CCOc1cc(CN2CCc3nnc([C@H](C)NC(=O)CCOC)n3CC2)ccc1OC. The largest absolute Gasteiger partial charge is 0.493 e. The molecule has 1 aliphatic rings. The van der Waals surface area contributed by atoms with E-state index in [2.05, 4.69) is 37.1 Å². The second-order valence-electron chi connectivity index (χ2n) is 7.60. The topological polar surface area (TPSA) is 90.7 Å². The fourth-order valence-corrected chi connectivity index (χ4v) is 3.79. The van der Waals surface area contributed by atoms with Crippen molar-refractivity contribution in [1.82, 2.24) is 25.0 Å². The third kappa shape index (κ3) is 5.95. The van der Waals surface area contributed by atoms with Crippen LogP contribution < -0.4 is 14.8 Å². The molecule has 9 heteroatoms. The van der Waals surface area contributed by atoms with Crippen molar-refractivity contribution in [2.24, 2.45) is 0 Å². The van der Waals surface area contributed by atoms with Crippen LogP contribution in [0.4, 0.5) is 0 Å². The monoisotopic (exact) mass is 431 g/mol. The molecule has 1 aromatic heterocycles. The van der Waals surface area contributed by atoms with Gasteiger partial charge in [0.1, 0.15) is 5.82 Å². The van der Waals surface area contributed by atoms with E-state index < -0.39 is 0 Å². The van der Waals surface area contributed by atoms with Crippen LogP contribution in [0.1, 0.15) is 43.5 Å². The molecule has 0 unspecified atom stereocenters. The second-order valence-corrected chi connectivity index (χ2v) is 7.60. The summed E-state index contributed by atoms with van der Waals surface area (Å²) in [6.07, 6.45) is 1.15. The van der Waals surface area contributed by atoms with Gasteiger partial charge in [0.2, 0.25) is 5.91 Å². The van der Waals surface area contributed by atoms with Gasteiger partial charge in [-0.15, -0.1) is 10.2 Å². The number of ether oxygens (including phenoxy) is 3. The summed E-state index contributed by atoms with van der Waals surface area (Å²) >= 11 is 0. The van der Waals surface area contributed by atoms with E-state index >= 15 is 0 Å². The Bertz CT molecular complexity index is 870. The molecule has 0 saturated heterocycles. The fourth-order valence-electron chi connectivity index (χ4n) is 3.79. The Morgan fingerprint density at radius 2 is 2.03 bits per heavy atom. The first kappa shape index (κ1) is 23.0. The predicted molar refractivity (Wildman–Crippen MR) is 116 cm³/mol. The molecule has 0 radical (unpaired) electrons. The number of carbonyl (C=O) groups is 1. The average molecular weight is 432 g/mol. The van der Waals surface area contributed by atoms with E-state index in [1.165, 1.54) is 5.56 Å². The van der Waals surface area contributed by atoms with E-state index in [1.807, 2.05) is 19.9 Å². The van der Waals surface area contributed by atoms with Gasteiger partial charge in [0.05, 0.1) is 26.4 Å². The molecular formula is C22H33N5O4. The zero-order valence-electron chi connectivity index (χ0n) is 18.9. The first-order valence-electron chi connectivity index (χ1n) is 10.8. The predicted octanol–water partition coefficient (Wildman–Crippen LogP) is 1.96. The quantitative estimate of drug-likeness (QED) is 0.615. The lowest BCUT2D eigenvalue weighted by Gasteiger charge is -2.21. The minimum atomic E-state index is -0.201. The van der Waals surface area contributed by atoms with Crippen molar-refractivity contribution in [1.29, 1.82) is 0 Å². The van der Waals surface area contributed by atoms with Crippen molar-refractivity contribution < 1.29 is 19.0 Å². The number of benzene rings is 1. The van der Waals surface area contributed by atoms with E-state index in [0.29, 0.717) is 19.6 Å². The van der Waals surface area contributed by atoms with Gasteiger partial charge in [0, 0.05) is 46.1 Å². The lowest BCUT2D eigenvalue weighted by molar-refractivity contribution is -0.122. The molecule has 0 spiro atoms. The van der Waals surface area contributed by atoms with E-state index in [1.54, 1.807) is 14.2 Å². The van der Waals surface area contributed by atoms with Gasteiger partial charge >= 0.3 is 0 Å². The van der Waals surface area contributed by atoms with E-state index in [9.17, 15) is 4.79 Å². The van der Waals surface area contributed by atoms with Crippen LogP contribution in [0.25, 0.3) is 0 Å². The standard InChI is InChI=1S/C22H33N5O4/c1-5-31-19-14-17(6-7-18(19)30-4)15-26-10-8-20-24-25-22(27(20)12-11-26)16(2)23-21(28)9-13-29-3/h6-7,14,16H,5,8-13,15H2,1-4H3,(H,23,28)/t16-/m0/s1. The molecule has 1 aromatic carbocycles. The maximum absolute atomic E-state index is 12.0. The molecular weight excluding hydrogens is 398 g/mol. The number of carbonyl (C=O) groups excluding carboxylic acids is 1. The first-order valence-corrected chi connectivity index (χ1v) is 10.8. The smallest absolute Gasteiger partial charge is 0.222 e. The van der Waals surface area contributed by atoms with Crippen molar-refractivity contribution in [2.75, 3.05) is 40.5 Å². The number of fused-ring (bicyclic) bond motifs is 1. The average Bonchev–Trinajstić information content (AvgIpc) is 3.07. The van der Waals surface area contributed by atoms with Crippen LogP contribution in [-0.4, -0.2) is 66.1 Å². The van der Waals surface area contributed by atoms with Gasteiger partial charge in [-0.3, -0.25) is 9.69 Å². The van der Waals surface area contributed by atoms with Crippen molar-refractivity contribution in [3.05, 3.63) is 35.4 Å². The second kappa shape index (κ2) is 11.1. The number of aromatic nitrogens is 3. The maximum atomic E-state index is 12.0. The highest BCUT2D eigenvalue weighted by atomic mass is 16.5. The van der Waals surface area contributed by atoms with Crippen LogP contribution in [0.3, 0.4) is 0 Å². The van der Waals surface area contributed by atoms with Gasteiger partial charge in [0.15, 0.2) is 17.3 Å². The third-order valence-electron chi connectivity index (χ3n) is 5.38.